The molecule has 1 amide bonds. The summed E-state index contributed by atoms with van der Waals surface area (Å²) in [4.78, 5) is 26.2. The Morgan fingerprint density at radius 2 is 1.76 bits per heavy atom. The molecule has 0 saturated heterocycles. The molecule has 0 unspecified atom stereocenters. The number of aromatic nitrogens is 3. The molecule has 10 nitrogen and oxygen atoms in total. The van der Waals surface area contributed by atoms with Gasteiger partial charge in [-0.05, 0) is 24.3 Å². The number of nitrogens with zero attached hydrogens (tertiary/aromatic N) is 3. The third-order valence-electron chi connectivity index (χ3n) is 5.65. The number of anilines is 2. The summed E-state index contributed by atoms with van der Waals surface area (Å²) in [6.07, 6.45) is 1.55. The van der Waals surface area contributed by atoms with Crippen LogP contribution in [0.15, 0.2) is 53.5 Å². The van der Waals surface area contributed by atoms with Gasteiger partial charge in [-0.2, -0.15) is 5.10 Å². The van der Waals surface area contributed by atoms with E-state index < -0.39 is 11.3 Å². The summed E-state index contributed by atoms with van der Waals surface area (Å²) >= 11 is 0. The first-order chi connectivity index (χ1) is 16.4. The molecule has 0 atom stereocenters. The summed E-state index contributed by atoms with van der Waals surface area (Å²) in [6.45, 7) is 0.261. The molecule has 0 spiro atoms. The zero-order valence-electron chi connectivity index (χ0n) is 19.3. The number of nitrogens with two attached hydrogens (primary N) is 1. The molecule has 0 aliphatic rings. The highest BCUT2D eigenvalue weighted by molar-refractivity contribution is 6.08. The zero-order chi connectivity index (χ0) is 24.4. The van der Waals surface area contributed by atoms with Crippen LogP contribution in [0.25, 0.3) is 10.9 Å². The second-order valence-electron chi connectivity index (χ2n) is 7.49. The van der Waals surface area contributed by atoms with Crippen molar-refractivity contribution >= 4 is 28.4 Å². The Hall–Kier alpha value is -4.47. The average Bonchev–Trinajstić information content (AvgIpc) is 3.28. The molecule has 2 aromatic heterocycles. The van der Waals surface area contributed by atoms with Crippen molar-refractivity contribution in [3.05, 3.63) is 70.0 Å². The van der Waals surface area contributed by atoms with Crippen LogP contribution in [0.4, 0.5) is 11.6 Å². The average molecular weight is 463 g/mol. The number of rotatable bonds is 7. The number of amides is 1. The maximum atomic E-state index is 13.2. The highest BCUT2D eigenvalue weighted by Crippen LogP contribution is 2.40. The van der Waals surface area contributed by atoms with E-state index in [4.69, 9.17) is 19.9 Å². The first kappa shape index (κ1) is 22.7. The minimum absolute atomic E-state index is 0.0776. The van der Waals surface area contributed by atoms with Crippen molar-refractivity contribution in [2.24, 2.45) is 7.05 Å². The number of pyridine rings is 1. The number of nitrogen functional groups attached to an aromatic ring is 1. The van der Waals surface area contributed by atoms with Crippen molar-refractivity contribution in [3.8, 4) is 17.2 Å². The van der Waals surface area contributed by atoms with E-state index in [1.165, 1.54) is 14.2 Å². The lowest BCUT2D eigenvalue weighted by molar-refractivity contribution is 0.102. The highest BCUT2D eigenvalue weighted by atomic mass is 16.5. The van der Waals surface area contributed by atoms with Crippen molar-refractivity contribution in [1.29, 1.82) is 0 Å². The molecule has 0 fully saturated rings. The topological polar surface area (TPSA) is 123 Å². The molecular weight excluding hydrogens is 438 g/mol. The van der Waals surface area contributed by atoms with Gasteiger partial charge in [-0.1, -0.05) is 12.1 Å². The van der Waals surface area contributed by atoms with Crippen LogP contribution in [0.5, 0.6) is 17.2 Å². The van der Waals surface area contributed by atoms with E-state index in [1.807, 2.05) is 12.1 Å². The minimum Gasteiger partial charge on any atom is -0.493 e. The first-order valence-corrected chi connectivity index (χ1v) is 10.4. The molecule has 10 heteroatoms. The number of fused-ring (bicyclic) bond motifs is 1. The Morgan fingerprint density at radius 1 is 1.03 bits per heavy atom. The SMILES string of the molecule is COc1ccc(Cn2nccc2NC(=O)c2c(N)n(C)c3ccccc3c2=O)c(OC)c1OC. The van der Waals surface area contributed by atoms with Gasteiger partial charge in [0.15, 0.2) is 11.5 Å². The molecule has 2 aromatic carbocycles. The van der Waals surface area contributed by atoms with Crippen molar-refractivity contribution in [2.45, 2.75) is 6.54 Å². The van der Waals surface area contributed by atoms with E-state index >= 15 is 0 Å². The Labute approximate surface area is 195 Å². The van der Waals surface area contributed by atoms with Gasteiger partial charge < -0.3 is 29.8 Å². The van der Waals surface area contributed by atoms with E-state index in [0.29, 0.717) is 34.0 Å². The number of para-hydroxylation sites is 1. The summed E-state index contributed by atoms with van der Waals surface area (Å²) in [5, 5.41) is 7.47. The number of aryl methyl sites for hydroxylation is 1. The van der Waals surface area contributed by atoms with Gasteiger partial charge in [-0.15, -0.1) is 0 Å². The highest BCUT2D eigenvalue weighted by Gasteiger charge is 2.22. The Kier molecular flexibility index (Phi) is 6.13. The van der Waals surface area contributed by atoms with Crippen LogP contribution in [0.1, 0.15) is 15.9 Å². The number of benzene rings is 2. The summed E-state index contributed by atoms with van der Waals surface area (Å²) in [6, 6.07) is 12.2. The Bertz CT molecular complexity index is 1440. The van der Waals surface area contributed by atoms with E-state index in [-0.39, 0.29) is 17.9 Å². The van der Waals surface area contributed by atoms with Crippen molar-refractivity contribution in [2.75, 3.05) is 32.4 Å². The summed E-state index contributed by atoms with van der Waals surface area (Å²) in [5.74, 6) is 1.31. The predicted octanol–water partition coefficient (Wildman–Crippen LogP) is 2.64. The van der Waals surface area contributed by atoms with E-state index in [9.17, 15) is 9.59 Å². The van der Waals surface area contributed by atoms with Crippen LogP contribution >= 0.6 is 0 Å². The van der Waals surface area contributed by atoms with Crippen LogP contribution < -0.4 is 30.7 Å². The van der Waals surface area contributed by atoms with Crippen LogP contribution in [-0.2, 0) is 13.6 Å². The normalized spacial score (nSPS) is 10.8. The molecule has 4 aromatic rings. The molecule has 0 radical (unpaired) electrons. The molecule has 0 aliphatic carbocycles. The second kappa shape index (κ2) is 9.18. The molecule has 176 valence electrons. The smallest absolute Gasteiger partial charge is 0.264 e. The van der Waals surface area contributed by atoms with E-state index in [0.717, 1.165) is 5.56 Å². The Balaban J connectivity index is 1.68. The van der Waals surface area contributed by atoms with Gasteiger partial charge in [-0.25, -0.2) is 4.68 Å². The van der Waals surface area contributed by atoms with Crippen LogP contribution in [0.3, 0.4) is 0 Å². The van der Waals surface area contributed by atoms with Crippen molar-refractivity contribution in [3.63, 3.8) is 0 Å². The zero-order valence-corrected chi connectivity index (χ0v) is 19.3. The number of methoxy groups -OCH3 is 3. The third-order valence-corrected chi connectivity index (χ3v) is 5.65. The summed E-state index contributed by atoms with van der Waals surface area (Å²) in [5.41, 5.74) is 7.01. The monoisotopic (exact) mass is 463 g/mol. The number of ether oxygens (including phenoxy) is 3. The van der Waals surface area contributed by atoms with Gasteiger partial charge in [0.05, 0.1) is 39.6 Å². The fourth-order valence-electron chi connectivity index (χ4n) is 3.92. The summed E-state index contributed by atoms with van der Waals surface area (Å²) < 4.78 is 19.5. The number of hydrogen-bond donors (Lipinski definition) is 2. The van der Waals surface area contributed by atoms with Gasteiger partial charge in [0.25, 0.3) is 5.91 Å². The largest absolute Gasteiger partial charge is 0.493 e. The fraction of sp³-hybridized carbons (Fsp3) is 0.208. The number of hydrogen-bond acceptors (Lipinski definition) is 7. The lowest BCUT2D eigenvalue weighted by atomic mass is 10.1. The molecule has 34 heavy (non-hydrogen) atoms. The third kappa shape index (κ3) is 3.79. The molecule has 2 heterocycles. The summed E-state index contributed by atoms with van der Waals surface area (Å²) in [7, 11) is 6.31. The van der Waals surface area contributed by atoms with Gasteiger partial charge in [-0.3, -0.25) is 9.59 Å². The quantitative estimate of drug-likeness (QED) is 0.432. The Morgan fingerprint density at radius 3 is 2.47 bits per heavy atom. The predicted molar refractivity (Wildman–Crippen MR) is 129 cm³/mol. The van der Waals surface area contributed by atoms with Crippen LogP contribution in [0, 0.1) is 0 Å². The lowest BCUT2D eigenvalue weighted by Crippen LogP contribution is -2.27. The van der Waals surface area contributed by atoms with Gasteiger partial charge in [0.2, 0.25) is 11.2 Å². The number of carbonyl (C=O) groups excluding carboxylic acids is 1. The maximum absolute atomic E-state index is 13.2. The van der Waals surface area contributed by atoms with Gasteiger partial charge >= 0.3 is 0 Å². The standard InChI is InChI=1S/C24H25N5O5/c1-28-16-8-6-5-7-15(16)20(30)19(23(28)25)24(31)27-18-11-12-26-29(18)13-14-9-10-17(32-2)22(34-4)21(14)33-3/h5-12H,13,25H2,1-4H3,(H,27,31). The fourth-order valence-corrected chi connectivity index (χ4v) is 3.92. The van der Waals surface area contributed by atoms with Crippen molar-refractivity contribution in [1.82, 2.24) is 14.3 Å². The second-order valence-corrected chi connectivity index (χ2v) is 7.49. The number of carbonyl (C=O) groups is 1. The molecular formula is C24H25N5O5. The molecule has 0 bridgehead atoms. The van der Waals surface area contributed by atoms with Crippen molar-refractivity contribution < 1.29 is 19.0 Å². The van der Waals surface area contributed by atoms with Gasteiger partial charge in [0, 0.05) is 24.1 Å². The lowest BCUT2D eigenvalue weighted by Gasteiger charge is -2.17. The molecule has 3 N–H and O–H groups in total. The number of nitrogens with one attached hydrogen (secondary N) is 1. The van der Waals surface area contributed by atoms with Gasteiger partial charge in [0.1, 0.15) is 17.2 Å². The molecule has 0 aliphatic heterocycles. The molecule has 4 rings (SSSR count). The van der Waals surface area contributed by atoms with E-state index in [2.05, 4.69) is 10.4 Å². The molecule has 0 saturated carbocycles. The minimum atomic E-state index is -0.620. The first-order valence-electron chi connectivity index (χ1n) is 10.4. The van der Waals surface area contributed by atoms with E-state index in [1.54, 1.807) is 59.9 Å². The van der Waals surface area contributed by atoms with Crippen LogP contribution in [-0.4, -0.2) is 41.6 Å². The maximum Gasteiger partial charge on any atom is 0.264 e. The van der Waals surface area contributed by atoms with Crippen LogP contribution in [0.2, 0.25) is 0 Å².